The Hall–Kier alpha value is -1.61. The van der Waals surface area contributed by atoms with E-state index < -0.39 is 6.04 Å². The molecule has 1 rings (SSSR count). The topological polar surface area (TPSA) is 52.3 Å². The minimum atomic E-state index is -0.455. The van der Waals surface area contributed by atoms with Crippen molar-refractivity contribution in [3.8, 4) is 5.75 Å². The summed E-state index contributed by atoms with van der Waals surface area (Å²) in [6.07, 6.45) is 2.52. The quantitative estimate of drug-likeness (QED) is 0.741. The van der Waals surface area contributed by atoms with E-state index >= 15 is 0 Å². The van der Waals surface area contributed by atoms with Crippen LogP contribution in [0.5, 0.6) is 5.75 Å². The molecule has 86 valence electrons. The first-order valence-electron chi connectivity index (χ1n) is 5.19. The predicted octanol–water partition coefficient (Wildman–Crippen LogP) is 1.71. The van der Waals surface area contributed by atoms with Gasteiger partial charge in [-0.3, -0.25) is 4.79 Å². The van der Waals surface area contributed by atoms with Crippen LogP contribution in [0.3, 0.4) is 0 Å². The van der Waals surface area contributed by atoms with Crippen molar-refractivity contribution in [2.24, 2.45) is 5.73 Å². The largest absolute Gasteiger partial charge is 0.497 e. The number of rotatable bonds is 6. The number of methoxy groups -OCH3 is 1. The van der Waals surface area contributed by atoms with E-state index in [2.05, 4.69) is 6.58 Å². The van der Waals surface area contributed by atoms with Gasteiger partial charge in [-0.2, -0.15) is 0 Å². The Morgan fingerprint density at radius 2 is 2.38 bits per heavy atom. The fourth-order valence-corrected chi connectivity index (χ4v) is 1.43. The average Bonchev–Trinajstić information content (AvgIpc) is 2.29. The highest BCUT2D eigenvalue weighted by Crippen LogP contribution is 2.13. The van der Waals surface area contributed by atoms with E-state index in [1.807, 2.05) is 24.3 Å². The van der Waals surface area contributed by atoms with E-state index in [1.165, 1.54) is 0 Å². The number of hydrogen-bond acceptors (Lipinski definition) is 3. The molecular weight excluding hydrogens is 202 g/mol. The van der Waals surface area contributed by atoms with Crippen molar-refractivity contribution in [1.29, 1.82) is 0 Å². The molecule has 0 spiro atoms. The summed E-state index contributed by atoms with van der Waals surface area (Å²) >= 11 is 0. The molecule has 0 aliphatic heterocycles. The molecule has 1 aromatic rings. The Kier molecular flexibility index (Phi) is 4.73. The summed E-state index contributed by atoms with van der Waals surface area (Å²) in [5, 5.41) is 0. The minimum Gasteiger partial charge on any atom is -0.497 e. The molecule has 16 heavy (non-hydrogen) atoms. The lowest BCUT2D eigenvalue weighted by Gasteiger charge is -2.08. The minimum absolute atomic E-state index is 0.0214. The van der Waals surface area contributed by atoms with Crippen LogP contribution in [-0.4, -0.2) is 18.9 Å². The number of benzene rings is 1. The van der Waals surface area contributed by atoms with Crippen LogP contribution in [0.1, 0.15) is 12.0 Å². The molecule has 3 heteroatoms. The van der Waals surface area contributed by atoms with Gasteiger partial charge in [0, 0.05) is 6.42 Å². The maximum atomic E-state index is 11.7. The van der Waals surface area contributed by atoms with Gasteiger partial charge < -0.3 is 10.5 Å². The number of ether oxygens (including phenoxy) is 1. The normalized spacial score (nSPS) is 11.9. The van der Waals surface area contributed by atoms with Crippen LogP contribution >= 0.6 is 0 Å². The summed E-state index contributed by atoms with van der Waals surface area (Å²) in [6.45, 7) is 3.57. The molecule has 0 aliphatic carbocycles. The van der Waals surface area contributed by atoms with Gasteiger partial charge in [0.2, 0.25) is 0 Å². The van der Waals surface area contributed by atoms with Crippen LogP contribution < -0.4 is 10.5 Å². The van der Waals surface area contributed by atoms with Gasteiger partial charge in [0.05, 0.1) is 13.2 Å². The number of ketones is 1. The molecule has 0 amide bonds. The Labute approximate surface area is 95.9 Å². The van der Waals surface area contributed by atoms with Gasteiger partial charge in [-0.25, -0.2) is 0 Å². The zero-order chi connectivity index (χ0) is 12.0. The summed E-state index contributed by atoms with van der Waals surface area (Å²) in [4.78, 5) is 11.7. The first-order valence-corrected chi connectivity index (χ1v) is 5.19. The third-order valence-electron chi connectivity index (χ3n) is 2.35. The van der Waals surface area contributed by atoms with Crippen molar-refractivity contribution in [3.05, 3.63) is 42.5 Å². The number of carbonyl (C=O) groups excluding carboxylic acids is 1. The van der Waals surface area contributed by atoms with Gasteiger partial charge in [-0.05, 0) is 24.1 Å². The zero-order valence-electron chi connectivity index (χ0n) is 9.48. The van der Waals surface area contributed by atoms with Crippen molar-refractivity contribution in [2.75, 3.05) is 7.11 Å². The maximum absolute atomic E-state index is 11.7. The molecule has 0 aromatic heterocycles. The standard InChI is InChI=1S/C13H17NO2/c1-3-5-12(14)13(15)9-10-6-4-7-11(8-10)16-2/h3-4,6-8,12H,1,5,9,14H2,2H3. The monoisotopic (exact) mass is 219 g/mol. The Balaban J connectivity index is 2.65. The number of hydrogen-bond donors (Lipinski definition) is 1. The summed E-state index contributed by atoms with van der Waals surface area (Å²) in [6, 6.07) is 6.99. The molecule has 0 heterocycles. The van der Waals surface area contributed by atoms with Crippen LogP contribution in [0.15, 0.2) is 36.9 Å². The molecule has 0 aliphatic rings. The lowest BCUT2D eigenvalue weighted by Crippen LogP contribution is -2.31. The highest BCUT2D eigenvalue weighted by Gasteiger charge is 2.12. The molecule has 1 aromatic carbocycles. The fraction of sp³-hybridized carbons (Fsp3) is 0.308. The highest BCUT2D eigenvalue weighted by molar-refractivity contribution is 5.86. The third kappa shape index (κ3) is 3.51. The molecule has 1 unspecified atom stereocenters. The average molecular weight is 219 g/mol. The summed E-state index contributed by atoms with van der Waals surface area (Å²) in [5.41, 5.74) is 6.61. The Morgan fingerprint density at radius 1 is 1.62 bits per heavy atom. The molecule has 0 bridgehead atoms. The van der Waals surface area contributed by atoms with E-state index in [0.29, 0.717) is 12.8 Å². The van der Waals surface area contributed by atoms with Gasteiger partial charge in [0.1, 0.15) is 5.75 Å². The van der Waals surface area contributed by atoms with E-state index in [9.17, 15) is 4.79 Å². The van der Waals surface area contributed by atoms with Gasteiger partial charge in [-0.15, -0.1) is 6.58 Å². The second-order valence-electron chi connectivity index (χ2n) is 3.63. The lowest BCUT2D eigenvalue weighted by atomic mass is 10.0. The van der Waals surface area contributed by atoms with Crippen LogP contribution in [0.2, 0.25) is 0 Å². The maximum Gasteiger partial charge on any atom is 0.154 e. The zero-order valence-corrected chi connectivity index (χ0v) is 9.48. The van der Waals surface area contributed by atoms with Gasteiger partial charge in [0.25, 0.3) is 0 Å². The second kappa shape index (κ2) is 6.08. The van der Waals surface area contributed by atoms with Gasteiger partial charge in [-0.1, -0.05) is 18.2 Å². The Morgan fingerprint density at radius 3 is 3.00 bits per heavy atom. The molecule has 0 fully saturated rings. The number of Topliss-reactive ketones (excluding diaryl/α,β-unsaturated/α-hetero) is 1. The number of carbonyl (C=O) groups is 1. The van der Waals surface area contributed by atoms with E-state index in [-0.39, 0.29) is 5.78 Å². The van der Waals surface area contributed by atoms with Crippen molar-refractivity contribution in [1.82, 2.24) is 0 Å². The summed E-state index contributed by atoms with van der Waals surface area (Å²) in [7, 11) is 1.60. The van der Waals surface area contributed by atoms with E-state index in [4.69, 9.17) is 10.5 Å². The molecule has 2 N–H and O–H groups in total. The van der Waals surface area contributed by atoms with E-state index in [1.54, 1.807) is 13.2 Å². The van der Waals surface area contributed by atoms with Gasteiger partial charge in [0.15, 0.2) is 5.78 Å². The van der Waals surface area contributed by atoms with Crippen LogP contribution in [0.25, 0.3) is 0 Å². The highest BCUT2D eigenvalue weighted by atomic mass is 16.5. The summed E-state index contributed by atoms with van der Waals surface area (Å²) < 4.78 is 5.09. The van der Waals surface area contributed by atoms with Crippen molar-refractivity contribution >= 4 is 5.78 Å². The van der Waals surface area contributed by atoms with Crippen molar-refractivity contribution < 1.29 is 9.53 Å². The molecule has 0 radical (unpaired) electrons. The molecule has 1 atom stereocenters. The molecule has 0 saturated heterocycles. The van der Waals surface area contributed by atoms with Crippen LogP contribution in [-0.2, 0) is 11.2 Å². The molecule has 0 saturated carbocycles. The van der Waals surface area contributed by atoms with Gasteiger partial charge >= 0.3 is 0 Å². The Bertz CT molecular complexity index is 374. The van der Waals surface area contributed by atoms with Crippen LogP contribution in [0, 0.1) is 0 Å². The predicted molar refractivity (Wildman–Crippen MR) is 64.5 cm³/mol. The summed E-state index contributed by atoms with van der Waals surface area (Å²) in [5.74, 6) is 0.774. The lowest BCUT2D eigenvalue weighted by molar-refractivity contribution is -0.119. The first-order chi connectivity index (χ1) is 7.67. The molecular formula is C13H17NO2. The fourth-order valence-electron chi connectivity index (χ4n) is 1.43. The first kappa shape index (κ1) is 12.5. The smallest absolute Gasteiger partial charge is 0.154 e. The van der Waals surface area contributed by atoms with Crippen molar-refractivity contribution in [2.45, 2.75) is 18.9 Å². The third-order valence-corrected chi connectivity index (χ3v) is 2.35. The second-order valence-corrected chi connectivity index (χ2v) is 3.63. The van der Waals surface area contributed by atoms with Crippen LogP contribution in [0.4, 0.5) is 0 Å². The van der Waals surface area contributed by atoms with Crippen molar-refractivity contribution in [3.63, 3.8) is 0 Å². The SMILES string of the molecule is C=CCC(N)C(=O)Cc1cccc(OC)c1. The van der Waals surface area contributed by atoms with E-state index in [0.717, 1.165) is 11.3 Å². The molecule has 3 nitrogen and oxygen atoms in total. The number of nitrogens with two attached hydrogens (primary N) is 1.